The zero-order valence-corrected chi connectivity index (χ0v) is 22.8. The van der Waals surface area contributed by atoms with Crippen molar-refractivity contribution in [3.63, 3.8) is 0 Å². The van der Waals surface area contributed by atoms with Gasteiger partial charge >= 0.3 is 5.69 Å². The van der Waals surface area contributed by atoms with Gasteiger partial charge in [0.25, 0.3) is 5.56 Å². The molecule has 0 aliphatic heterocycles. The highest BCUT2D eigenvalue weighted by Gasteiger charge is 2.29. The summed E-state index contributed by atoms with van der Waals surface area (Å²) >= 11 is 0. The van der Waals surface area contributed by atoms with Crippen molar-refractivity contribution in [1.82, 2.24) is 23.6 Å². The predicted octanol–water partition coefficient (Wildman–Crippen LogP) is 0.178. The Hall–Kier alpha value is -3.89. The Labute approximate surface area is 219 Å². The van der Waals surface area contributed by atoms with Crippen molar-refractivity contribution in [1.29, 1.82) is 0 Å². The Morgan fingerprint density at radius 2 is 1.89 bits per heavy atom. The summed E-state index contributed by atoms with van der Waals surface area (Å²) in [5, 5.41) is 2.58. The number of likely N-dealkylation sites (N-methyl/N-ethyl adjacent to an activating group) is 1. The van der Waals surface area contributed by atoms with Gasteiger partial charge in [-0.05, 0) is 39.1 Å². The second kappa shape index (κ2) is 10.5. The number of imidazole rings is 1. The van der Waals surface area contributed by atoms with Crippen LogP contribution in [0.15, 0.2) is 32.9 Å². The number of carbonyl (C=O) groups is 1. The van der Waals surface area contributed by atoms with Crippen molar-refractivity contribution >= 4 is 32.6 Å². The minimum atomic E-state index is -3.75. The van der Waals surface area contributed by atoms with Gasteiger partial charge < -0.3 is 19.5 Å². The maximum Gasteiger partial charge on any atom is 0.333 e. The van der Waals surface area contributed by atoms with Crippen molar-refractivity contribution < 1.29 is 17.9 Å². The molecule has 3 aromatic rings. The molecule has 1 aliphatic rings. The van der Waals surface area contributed by atoms with Crippen molar-refractivity contribution in [2.24, 2.45) is 20.0 Å². The van der Waals surface area contributed by atoms with Gasteiger partial charge in [-0.15, -0.1) is 0 Å². The molecule has 1 N–H and O–H groups in total. The number of ether oxygens (including phenoxy) is 1. The Kier molecular flexibility index (Phi) is 7.48. The first-order valence-electron chi connectivity index (χ1n) is 12.0. The summed E-state index contributed by atoms with van der Waals surface area (Å²) in [6.07, 6.45) is 2.72. The van der Waals surface area contributed by atoms with E-state index in [2.05, 4.69) is 22.1 Å². The quantitative estimate of drug-likeness (QED) is 0.398. The largest absolute Gasteiger partial charge is 0.492 e. The molecule has 0 saturated heterocycles. The zero-order valence-electron chi connectivity index (χ0n) is 21.9. The maximum atomic E-state index is 12.9. The van der Waals surface area contributed by atoms with E-state index in [0.29, 0.717) is 30.2 Å². The molecule has 1 aliphatic carbocycles. The fraction of sp³-hybridized carbons (Fsp3) is 0.440. The van der Waals surface area contributed by atoms with Crippen LogP contribution in [0, 0.1) is 17.8 Å². The number of hydrogen-bond acceptors (Lipinski definition) is 8. The van der Waals surface area contributed by atoms with Crippen LogP contribution in [0.3, 0.4) is 0 Å². The highest BCUT2D eigenvalue weighted by atomic mass is 32.2. The summed E-state index contributed by atoms with van der Waals surface area (Å²) in [6.45, 7) is 0.984. The number of aryl methyl sites for hydroxylation is 1. The second-order valence-electron chi connectivity index (χ2n) is 9.59. The van der Waals surface area contributed by atoms with Crippen LogP contribution in [0.1, 0.15) is 18.4 Å². The number of sulfone groups is 1. The summed E-state index contributed by atoms with van der Waals surface area (Å²) in [6, 6.07) is 5.19. The number of anilines is 1. The average molecular weight is 543 g/mol. The molecule has 0 bridgehead atoms. The zero-order chi connectivity index (χ0) is 27.8. The van der Waals surface area contributed by atoms with Crippen LogP contribution < -0.4 is 21.3 Å². The van der Waals surface area contributed by atoms with E-state index in [4.69, 9.17) is 4.74 Å². The van der Waals surface area contributed by atoms with Crippen LogP contribution in [-0.4, -0.2) is 71.4 Å². The molecule has 0 spiro atoms. The van der Waals surface area contributed by atoms with E-state index >= 15 is 0 Å². The molecule has 2 heterocycles. The third-order valence-corrected chi connectivity index (χ3v) is 7.08. The lowest BCUT2D eigenvalue weighted by molar-refractivity contribution is -0.117. The van der Waals surface area contributed by atoms with Gasteiger partial charge in [-0.1, -0.05) is 11.8 Å². The first kappa shape index (κ1) is 27.2. The lowest BCUT2D eigenvalue weighted by Crippen LogP contribution is -2.38. The van der Waals surface area contributed by atoms with E-state index in [-0.39, 0.29) is 34.7 Å². The van der Waals surface area contributed by atoms with Crippen molar-refractivity contribution in [3.8, 4) is 17.6 Å². The number of hydrogen-bond donors (Lipinski definition) is 1. The maximum absolute atomic E-state index is 12.9. The minimum Gasteiger partial charge on any atom is -0.492 e. The summed E-state index contributed by atoms with van der Waals surface area (Å²) in [7, 11) is 2.84. The van der Waals surface area contributed by atoms with Crippen LogP contribution in [0.5, 0.6) is 5.75 Å². The summed E-state index contributed by atoms with van der Waals surface area (Å²) in [5.41, 5.74) is -0.307. The molecule has 202 valence electrons. The first-order valence-corrected chi connectivity index (χ1v) is 13.8. The SMILES string of the molecule is CN(C)CCOc1cc(C#CCn2c(=O)n(C)c(=O)c3c2nc(S(C)(=O)=O)n3C)cc(NC(=O)C2CC2)c1. The fourth-order valence-electron chi connectivity index (χ4n) is 3.87. The molecule has 0 radical (unpaired) electrons. The van der Waals surface area contributed by atoms with Crippen LogP contribution in [0.25, 0.3) is 11.2 Å². The van der Waals surface area contributed by atoms with E-state index in [1.165, 1.54) is 18.7 Å². The van der Waals surface area contributed by atoms with Gasteiger partial charge in [0.1, 0.15) is 12.4 Å². The van der Waals surface area contributed by atoms with Crippen LogP contribution in [-0.2, 0) is 35.3 Å². The third kappa shape index (κ3) is 5.81. The Morgan fingerprint density at radius 3 is 2.53 bits per heavy atom. The van der Waals surface area contributed by atoms with Gasteiger partial charge in [0.15, 0.2) is 11.2 Å². The molecular weight excluding hydrogens is 512 g/mol. The van der Waals surface area contributed by atoms with Gasteiger partial charge in [-0.25, -0.2) is 13.2 Å². The molecule has 12 nitrogen and oxygen atoms in total. The number of rotatable bonds is 8. The number of nitrogens with zero attached hydrogens (tertiary/aromatic N) is 5. The van der Waals surface area contributed by atoms with Gasteiger partial charge in [0, 0.05) is 50.1 Å². The number of carbonyl (C=O) groups excluding carboxylic acids is 1. The van der Waals surface area contributed by atoms with Crippen molar-refractivity contribution in [2.45, 2.75) is 24.5 Å². The molecule has 0 atom stereocenters. The van der Waals surface area contributed by atoms with Crippen molar-refractivity contribution in [3.05, 3.63) is 44.6 Å². The third-order valence-electron chi connectivity index (χ3n) is 6.05. The molecule has 2 aromatic heterocycles. The lowest BCUT2D eigenvalue weighted by Gasteiger charge is -2.13. The standard InChI is InChI=1S/C25H30N6O6S/c1-28(2)11-12-37-19-14-16(13-18(15-19)26-22(32)17-8-9-17)7-6-10-31-21-20(23(33)30(4)25(31)34)29(3)24(27-21)38(5,35)36/h13-15,17H,8-12H2,1-5H3,(H,26,32). The van der Waals surface area contributed by atoms with Crippen LogP contribution in [0.4, 0.5) is 5.69 Å². The van der Waals surface area contributed by atoms with E-state index in [0.717, 1.165) is 28.2 Å². The number of benzene rings is 1. The normalized spacial score (nSPS) is 13.4. The number of aromatic nitrogens is 4. The monoisotopic (exact) mass is 542 g/mol. The number of fused-ring (bicyclic) bond motifs is 1. The summed E-state index contributed by atoms with van der Waals surface area (Å²) in [4.78, 5) is 44.0. The smallest absolute Gasteiger partial charge is 0.333 e. The van der Waals surface area contributed by atoms with Gasteiger partial charge in [0.05, 0.1) is 6.54 Å². The first-order chi connectivity index (χ1) is 17.9. The summed E-state index contributed by atoms with van der Waals surface area (Å²) in [5.74, 6) is 6.39. The van der Waals surface area contributed by atoms with E-state index in [9.17, 15) is 22.8 Å². The van der Waals surface area contributed by atoms with E-state index in [1.807, 2.05) is 19.0 Å². The molecule has 1 saturated carbocycles. The topological polar surface area (TPSA) is 138 Å². The van der Waals surface area contributed by atoms with Crippen LogP contribution in [0.2, 0.25) is 0 Å². The molecule has 1 amide bonds. The Bertz CT molecular complexity index is 1700. The minimum absolute atomic E-state index is 0.0179. The highest BCUT2D eigenvalue weighted by Crippen LogP contribution is 2.31. The van der Waals surface area contributed by atoms with Crippen LogP contribution >= 0.6 is 0 Å². The average Bonchev–Trinajstić information content (AvgIpc) is 3.62. The molecule has 1 aromatic carbocycles. The van der Waals surface area contributed by atoms with Gasteiger partial charge in [-0.2, -0.15) is 4.98 Å². The molecule has 4 rings (SSSR count). The van der Waals surface area contributed by atoms with Gasteiger partial charge in [0.2, 0.25) is 20.9 Å². The lowest BCUT2D eigenvalue weighted by atomic mass is 10.2. The molecular formula is C25H30N6O6S. The van der Waals surface area contributed by atoms with Crippen molar-refractivity contribution in [2.75, 3.05) is 38.8 Å². The predicted molar refractivity (Wildman–Crippen MR) is 142 cm³/mol. The molecule has 1 fully saturated rings. The van der Waals surface area contributed by atoms with Gasteiger partial charge in [-0.3, -0.25) is 18.7 Å². The number of amides is 1. The Morgan fingerprint density at radius 1 is 1.18 bits per heavy atom. The Balaban J connectivity index is 1.70. The molecule has 38 heavy (non-hydrogen) atoms. The molecule has 13 heteroatoms. The molecule has 0 unspecified atom stereocenters. The van der Waals surface area contributed by atoms with E-state index < -0.39 is 21.1 Å². The second-order valence-corrected chi connectivity index (χ2v) is 11.5. The summed E-state index contributed by atoms with van der Waals surface area (Å²) < 4.78 is 33.4. The fourth-order valence-corrected chi connectivity index (χ4v) is 4.71. The van der Waals surface area contributed by atoms with E-state index in [1.54, 1.807) is 18.2 Å². The highest BCUT2D eigenvalue weighted by molar-refractivity contribution is 7.90. The number of nitrogens with one attached hydrogen (secondary N) is 1.